The average molecular weight is 468 g/mol. The number of carbonyl (C=O) groups excluding carboxylic acids is 2. The van der Waals surface area contributed by atoms with Crippen molar-refractivity contribution < 1.29 is 14.3 Å². The number of ether oxygens (including phenoxy) is 1. The van der Waals surface area contributed by atoms with Gasteiger partial charge in [0.2, 0.25) is 11.8 Å². The van der Waals surface area contributed by atoms with Crippen molar-refractivity contribution in [1.29, 1.82) is 0 Å². The maximum atomic E-state index is 12.8. The number of rotatable bonds is 14. The summed E-state index contributed by atoms with van der Waals surface area (Å²) < 4.78 is 5.91. The van der Waals surface area contributed by atoms with Gasteiger partial charge in [-0.05, 0) is 41.5 Å². The van der Waals surface area contributed by atoms with Gasteiger partial charge in [0.05, 0.1) is 25.1 Å². The van der Waals surface area contributed by atoms with E-state index in [4.69, 9.17) is 10.5 Å². The Bertz CT molecular complexity index is 870. The molecule has 0 aliphatic carbocycles. The van der Waals surface area contributed by atoms with Crippen molar-refractivity contribution >= 4 is 11.8 Å². The molecule has 0 saturated heterocycles. The first-order valence-corrected chi connectivity index (χ1v) is 12.4. The molecule has 0 spiro atoms. The number of benzene rings is 2. The Morgan fingerprint density at radius 2 is 1.68 bits per heavy atom. The highest BCUT2D eigenvalue weighted by atomic mass is 16.5. The number of hydrogen-bond acceptors (Lipinski definition) is 4. The van der Waals surface area contributed by atoms with Crippen LogP contribution in [-0.2, 0) is 16.0 Å². The lowest BCUT2D eigenvalue weighted by Crippen LogP contribution is -2.47. The van der Waals surface area contributed by atoms with E-state index in [1.165, 1.54) is 0 Å². The second-order valence-corrected chi connectivity index (χ2v) is 9.21. The average Bonchev–Trinajstić information content (AvgIpc) is 2.85. The van der Waals surface area contributed by atoms with Crippen LogP contribution < -0.4 is 21.1 Å². The molecule has 0 aromatic heterocycles. The van der Waals surface area contributed by atoms with E-state index >= 15 is 0 Å². The third kappa shape index (κ3) is 9.18. The van der Waals surface area contributed by atoms with Crippen LogP contribution in [0.25, 0.3) is 0 Å². The molecular formula is C28H41N3O3. The van der Waals surface area contributed by atoms with E-state index in [1.807, 2.05) is 68.4 Å². The molecule has 6 heteroatoms. The van der Waals surface area contributed by atoms with E-state index in [0.717, 1.165) is 36.1 Å². The van der Waals surface area contributed by atoms with Gasteiger partial charge >= 0.3 is 0 Å². The van der Waals surface area contributed by atoms with Crippen LogP contribution in [0.15, 0.2) is 54.6 Å². The lowest BCUT2D eigenvalue weighted by atomic mass is 9.99. The summed E-state index contributed by atoms with van der Waals surface area (Å²) in [5, 5.41) is 5.99. The van der Waals surface area contributed by atoms with E-state index in [-0.39, 0.29) is 36.7 Å². The Morgan fingerprint density at radius 1 is 1.00 bits per heavy atom. The Morgan fingerprint density at radius 3 is 2.29 bits per heavy atom. The molecule has 6 nitrogen and oxygen atoms in total. The van der Waals surface area contributed by atoms with Crippen molar-refractivity contribution in [2.75, 3.05) is 13.2 Å². The van der Waals surface area contributed by atoms with E-state index in [9.17, 15) is 9.59 Å². The highest BCUT2D eigenvalue weighted by Gasteiger charge is 2.22. The van der Waals surface area contributed by atoms with Gasteiger partial charge in [0.15, 0.2) is 0 Å². The summed E-state index contributed by atoms with van der Waals surface area (Å²) in [5.41, 5.74) is 7.92. The van der Waals surface area contributed by atoms with E-state index in [1.54, 1.807) is 0 Å². The maximum Gasteiger partial charge on any atom is 0.237 e. The first-order chi connectivity index (χ1) is 16.3. The van der Waals surface area contributed by atoms with Crippen LogP contribution in [0.3, 0.4) is 0 Å². The standard InChI is InChI=1S/C28H41N3O3/c1-5-10-20(3)19-34-24-15-13-23(14-16-24)25(18-30-28(33)27(29)21(4)6-2)31-26(32)17-22-11-8-7-9-12-22/h7-9,11-16,20-21,25,27H,5-6,10,17-19,29H2,1-4H3,(H,30,33)(H,31,32)/t20?,21-,25+,27-/m1/s1. The van der Waals surface area contributed by atoms with Gasteiger partial charge < -0.3 is 21.1 Å². The molecule has 1 unspecified atom stereocenters. The summed E-state index contributed by atoms with van der Waals surface area (Å²) in [6.45, 7) is 9.26. The quantitative estimate of drug-likeness (QED) is 0.384. The highest BCUT2D eigenvalue weighted by molar-refractivity contribution is 5.82. The number of hydrogen-bond donors (Lipinski definition) is 3. The first-order valence-electron chi connectivity index (χ1n) is 12.4. The molecule has 0 bridgehead atoms. The molecular weight excluding hydrogens is 426 g/mol. The molecule has 2 aromatic rings. The molecule has 0 aliphatic heterocycles. The zero-order valence-corrected chi connectivity index (χ0v) is 21.1. The summed E-state index contributed by atoms with van der Waals surface area (Å²) in [7, 11) is 0. The van der Waals surface area contributed by atoms with Crippen molar-refractivity contribution in [1.82, 2.24) is 10.6 Å². The minimum Gasteiger partial charge on any atom is -0.493 e. The molecule has 186 valence electrons. The molecule has 0 saturated carbocycles. The molecule has 2 amide bonds. The largest absolute Gasteiger partial charge is 0.493 e. The SMILES string of the molecule is CCCC(C)COc1ccc([C@H](CNC(=O)[C@H](N)[C@H](C)CC)NC(=O)Cc2ccccc2)cc1. The van der Waals surface area contributed by atoms with Crippen LogP contribution in [0.5, 0.6) is 5.75 Å². The normalized spacial score (nSPS) is 14.5. The Kier molecular flexibility index (Phi) is 11.6. The number of amides is 2. The minimum absolute atomic E-state index is 0.0812. The Hall–Kier alpha value is -2.86. The van der Waals surface area contributed by atoms with Crippen LogP contribution >= 0.6 is 0 Å². The van der Waals surface area contributed by atoms with E-state index < -0.39 is 6.04 Å². The zero-order valence-electron chi connectivity index (χ0n) is 21.1. The molecule has 0 fully saturated rings. The van der Waals surface area contributed by atoms with E-state index in [0.29, 0.717) is 12.5 Å². The van der Waals surface area contributed by atoms with Crippen LogP contribution in [0.4, 0.5) is 0 Å². The van der Waals surface area contributed by atoms with Crippen molar-refractivity contribution in [2.45, 2.75) is 65.5 Å². The topological polar surface area (TPSA) is 93.4 Å². The molecule has 0 aliphatic rings. The lowest BCUT2D eigenvalue weighted by molar-refractivity contribution is -0.124. The highest BCUT2D eigenvalue weighted by Crippen LogP contribution is 2.19. The van der Waals surface area contributed by atoms with Gasteiger partial charge in [-0.15, -0.1) is 0 Å². The summed E-state index contributed by atoms with van der Waals surface area (Å²) in [4.78, 5) is 25.3. The molecule has 0 heterocycles. The predicted molar refractivity (Wildman–Crippen MR) is 137 cm³/mol. The fraction of sp³-hybridized carbons (Fsp3) is 0.500. The lowest BCUT2D eigenvalue weighted by Gasteiger charge is -2.23. The van der Waals surface area contributed by atoms with Gasteiger partial charge in [-0.1, -0.05) is 83.0 Å². The molecule has 2 aromatic carbocycles. The summed E-state index contributed by atoms with van der Waals surface area (Å²) >= 11 is 0. The third-order valence-electron chi connectivity index (χ3n) is 6.18. The van der Waals surface area contributed by atoms with Crippen LogP contribution in [0, 0.1) is 11.8 Å². The van der Waals surface area contributed by atoms with Gasteiger partial charge in [0.25, 0.3) is 0 Å². The van der Waals surface area contributed by atoms with Gasteiger partial charge in [-0.25, -0.2) is 0 Å². The van der Waals surface area contributed by atoms with Crippen LogP contribution in [0.1, 0.15) is 64.1 Å². The molecule has 2 rings (SSSR count). The summed E-state index contributed by atoms with van der Waals surface area (Å²) in [6, 6.07) is 16.3. The fourth-order valence-corrected chi connectivity index (χ4v) is 3.72. The fourth-order valence-electron chi connectivity index (χ4n) is 3.72. The van der Waals surface area contributed by atoms with Gasteiger partial charge in [-0.3, -0.25) is 9.59 Å². The van der Waals surface area contributed by atoms with E-state index in [2.05, 4.69) is 24.5 Å². The summed E-state index contributed by atoms with van der Waals surface area (Å²) in [5.74, 6) is 1.06. The van der Waals surface area contributed by atoms with Crippen LogP contribution in [-0.4, -0.2) is 31.0 Å². The number of nitrogens with two attached hydrogens (primary N) is 1. The number of nitrogens with one attached hydrogen (secondary N) is 2. The summed E-state index contributed by atoms with van der Waals surface area (Å²) in [6.07, 6.45) is 3.37. The van der Waals surface area contributed by atoms with Crippen molar-refractivity contribution in [2.24, 2.45) is 17.6 Å². The minimum atomic E-state index is -0.577. The van der Waals surface area contributed by atoms with Crippen molar-refractivity contribution in [3.05, 3.63) is 65.7 Å². The molecule has 0 radical (unpaired) electrons. The van der Waals surface area contributed by atoms with Gasteiger partial charge in [0.1, 0.15) is 5.75 Å². The Labute approximate surface area is 204 Å². The molecule has 34 heavy (non-hydrogen) atoms. The maximum absolute atomic E-state index is 12.8. The van der Waals surface area contributed by atoms with Gasteiger partial charge in [0, 0.05) is 6.54 Å². The third-order valence-corrected chi connectivity index (χ3v) is 6.18. The molecule has 4 N–H and O–H groups in total. The molecule has 4 atom stereocenters. The van der Waals surface area contributed by atoms with Crippen molar-refractivity contribution in [3.8, 4) is 5.75 Å². The number of carbonyl (C=O) groups is 2. The zero-order chi connectivity index (χ0) is 24.9. The first kappa shape index (κ1) is 27.4. The van der Waals surface area contributed by atoms with Crippen molar-refractivity contribution in [3.63, 3.8) is 0 Å². The Balaban J connectivity index is 2.07. The van der Waals surface area contributed by atoms with Crippen LogP contribution in [0.2, 0.25) is 0 Å². The monoisotopic (exact) mass is 467 g/mol. The predicted octanol–water partition coefficient (Wildman–Crippen LogP) is 4.39. The van der Waals surface area contributed by atoms with Gasteiger partial charge in [-0.2, -0.15) is 0 Å². The second kappa shape index (κ2) is 14.4. The second-order valence-electron chi connectivity index (χ2n) is 9.21. The smallest absolute Gasteiger partial charge is 0.237 e.